The molecular weight excluding hydrogens is 366 g/mol. The average molecular weight is 386 g/mol. The van der Waals surface area contributed by atoms with Crippen LogP contribution in [0.3, 0.4) is 0 Å². The molecule has 1 saturated heterocycles. The minimum atomic E-state index is -0.572. The van der Waals surface area contributed by atoms with Gasteiger partial charge in [0.05, 0.1) is 34.7 Å². The summed E-state index contributed by atoms with van der Waals surface area (Å²) in [6, 6.07) is 4.58. The van der Waals surface area contributed by atoms with Crippen LogP contribution in [0.2, 0.25) is 5.02 Å². The third kappa shape index (κ3) is 2.48. The van der Waals surface area contributed by atoms with E-state index in [2.05, 4.69) is 12.2 Å². The lowest BCUT2D eigenvalue weighted by molar-refractivity contribution is -0.122. The second kappa shape index (κ2) is 6.34. The molecule has 6 heteroatoms. The lowest BCUT2D eigenvalue weighted by Gasteiger charge is -2.20. The van der Waals surface area contributed by atoms with Gasteiger partial charge in [-0.3, -0.25) is 9.59 Å². The van der Waals surface area contributed by atoms with Crippen molar-refractivity contribution in [2.45, 2.75) is 20.8 Å². The lowest BCUT2D eigenvalue weighted by atomic mass is 9.85. The topological polar surface area (TPSA) is 63.7 Å². The zero-order valence-corrected chi connectivity index (χ0v) is 16.1. The standard InChI is InChI=1S/C21H20ClNO4/c1-4-27-21(26)14-9-11(5-8-15(14)22)23-19(24)17-12-6-7-13(16(12)10(2)3)18(17)20(23)25/h5-9,12-13,17-18H,4H2,1-3H3/t12-,13-,17+,18+/m1/s1. The summed E-state index contributed by atoms with van der Waals surface area (Å²) in [5.41, 5.74) is 2.90. The van der Waals surface area contributed by atoms with Crippen LogP contribution in [-0.4, -0.2) is 24.4 Å². The van der Waals surface area contributed by atoms with Crippen molar-refractivity contribution in [2.24, 2.45) is 23.7 Å². The number of fused-ring (bicyclic) bond motifs is 5. The first-order valence-electron chi connectivity index (χ1n) is 9.06. The molecule has 2 aliphatic carbocycles. The SMILES string of the molecule is CCOC(=O)c1cc(N2C(=O)[C@@H]3[C@@H](C2=O)[C@@H]2C=C[C@@H]3C2=C(C)C)ccc1Cl. The van der Waals surface area contributed by atoms with E-state index in [1.807, 2.05) is 13.8 Å². The number of carbonyl (C=O) groups is 3. The summed E-state index contributed by atoms with van der Waals surface area (Å²) in [5.74, 6) is -1.74. The van der Waals surface area contributed by atoms with Gasteiger partial charge in [0.1, 0.15) is 0 Å². The van der Waals surface area contributed by atoms with Crippen molar-refractivity contribution in [2.75, 3.05) is 11.5 Å². The van der Waals surface area contributed by atoms with Crippen molar-refractivity contribution in [1.82, 2.24) is 0 Å². The Morgan fingerprint density at radius 2 is 1.70 bits per heavy atom. The van der Waals surface area contributed by atoms with Gasteiger partial charge in [-0.2, -0.15) is 0 Å². The maximum Gasteiger partial charge on any atom is 0.339 e. The van der Waals surface area contributed by atoms with Gasteiger partial charge in [-0.05, 0) is 39.0 Å². The van der Waals surface area contributed by atoms with Gasteiger partial charge in [-0.15, -0.1) is 0 Å². The van der Waals surface area contributed by atoms with Gasteiger partial charge >= 0.3 is 5.97 Å². The van der Waals surface area contributed by atoms with Crippen LogP contribution in [0.1, 0.15) is 31.1 Å². The molecule has 27 heavy (non-hydrogen) atoms. The number of benzene rings is 1. The summed E-state index contributed by atoms with van der Waals surface area (Å²) in [6.07, 6.45) is 4.10. The van der Waals surface area contributed by atoms with E-state index in [-0.39, 0.29) is 52.7 Å². The molecule has 1 heterocycles. The number of hydrogen-bond acceptors (Lipinski definition) is 4. The summed E-state index contributed by atoms with van der Waals surface area (Å²) >= 11 is 6.11. The smallest absolute Gasteiger partial charge is 0.339 e. The van der Waals surface area contributed by atoms with E-state index in [4.69, 9.17) is 16.3 Å². The molecule has 1 aromatic carbocycles. The molecule has 2 fully saturated rings. The molecule has 5 nitrogen and oxygen atoms in total. The normalized spacial score (nSPS) is 28.1. The number of allylic oxidation sites excluding steroid dienone is 4. The maximum atomic E-state index is 13.1. The van der Waals surface area contributed by atoms with Crippen molar-refractivity contribution in [3.63, 3.8) is 0 Å². The van der Waals surface area contributed by atoms with Crippen molar-refractivity contribution in [3.8, 4) is 0 Å². The Morgan fingerprint density at radius 1 is 1.11 bits per heavy atom. The second-order valence-electron chi connectivity index (χ2n) is 7.34. The Kier molecular flexibility index (Phi) is 4.22. The van der Waals surface area contributed by atoms with Crippen molar-refractivity contribution in [1.29, 1.82) is 0 Å². The molecule has 2 bridgehead atoms. The molecule has 1 aliphatic heterocycles. The monoisotopic (exact) mass is 385 g/mol. The maximum absolute atomic E-state index is 13.1. The van der Waals surface area contributed by atoms with Gasteiger partial charge in [-0.1, -0.05) is 34.9 Å². The van der Waals surface area contributed by atoms with Gasteiger partial charge in [-0.25, -0.2) is 9.69 Å². The van der Waals surface area contributed by atoms with Crippen molar-refractivity contribution < 1.29 is 19.1 Å². The van der Waals surface area contributed by atoms with Crippen LogP contribution in [0.25, 0.3) is 0 Å². The Bertz CT molecular complexity index is 894. The van der Waals surface area contributed by atoms with E-state index in [1.165, 1.54) is 28.2 Å². The largest absolute Gasteiger partial charge is 0.462 e. The highest BCUT2D eigenvalue weighted by molar-refractivity contribution is 6.34. The molecular formula is C21H20ClNO4. The van der Waals surface area contributed by atoms with Crippen molar-refractivity contribution in [3.05, 3.63) is 52.1 Å². The molecule has 4 rings (SSSR count). The van der Waals surface area contributed by atoms with Gasteiger partial charge in [0, 0.05) is 11.8 Å². The highest BCUT2D eigenvalue weighted by atomic mass is 35.5. The number of esters is 1. The van der Waals surface area contributed by atoms with Crippen LogP contribution >= 0.6 is 11.6 Å². The first-order chi connectivity index (χ1) is 12.9. The van der Waals surface area contributed by atoms with E-state index >= 15 is 0 Å². The summed E-state index contributed by atoms with van der Waals surface area (Å²) in [4.78, 5) is 39.6. The summed E-state index contributed by atoms with van der Waals surface area (Å²) in [6.45, 7) is 5.97. The Hall–Kier alpha value is -2.40. The number of hydrogen-bond donors (Lipinski definition) is 0. The van der Waals surface area contributed by atoms with Crippen molar-refractivity contribution >= 4 is 35.1 Å². The van der Waals surface area contributed by atoms with Crippen LogP contribution in [-0.2, 0) is 14.3 Å². The van der Waals surface area contributed by atoms with E-state index in [9.17, 15) is 14.4 Å². The number of carbonyl (C=O) groups excluding carboxylic acids is 3. The summed E-state index contributed by atoms with van der Waals surface area (Å²) in [5, 5.41) is 0.227. The Balaban J connectivity index is 1.72. The predicted octanol–water partition coefficient (Wildman–Crippen LogP) is 3.77. The number of amides is 2. The molecule has 0 unspecified atom stereocenters. The molecule has 0 radical (unpaired) electrons. The number of halogens is 1. The number of rotatable bonds is 3. The first kappa shape index (κ1) is 18.0. The molecule has 0 aromatic heterocycles. The van der Waals surface area contributed by atoms with Crippen LogP contribution in [0.4, 0.5) is 5.69 Å². The molecule has 0 N–H and O–H groups in total. The number of imide groups is 1. The molecule has 1 aromatic rings. The number of anilines is 1. The highest BCUT2D eigenvalue weighted by Crippen LogP contribution is 2.57. The highest BCUT2D eigenvalue weighted by Gasteiger charge is 2.61. The average Bonchev–Trinajstić information content (AvgIpc) is 3.26. The van der Waals surface area contributed by atoms with Crippen LogP contribution in [0.15, 0.2) is 41.5 Å². The fourth-order valence-electron chi connectivity index (χ4n) is 4.70. The zero-order chi connectivity index (χ0) is 19.5. The summed E-state index contributed by atoms with van der Waals surface area (Å²) < 4.78 is 5.01. The lowest BCUT2D eigenvalue weighted by Crippen LogP contribution is -2.33. The van der Waals surface area contributed by atoms with E-state index in [0.29, 0.717) is 5.69 Å². The number of nitrogens with zero attached hydrogens (tertiary/aromatic N) is 1. The Labute approximate surface area is 162 Å². The van der Waals surface area contributed by atoms with Gasteiger partial charge in [0.15, 0.2) is 0 Å². The fraction of sp³-hybridized carbons (Fsp3) is 0.381. The molecule has 1 saturated carbocycles. The first-order valence-corrected chi connectivity index (χ1v) is 9.44. The molecule has 3 aliphatic rings. The third-order valence-corrected chi connectivity index (χ3v) is 6.03. The van der Waals surface area contributed by atoms with Crippen LogP contribution < -0.4 is 4.90 Å². The quantitative estimate of drug-likeness (QED) is 0.451. The van der Waals surface area contributed by atoms with Crippen LogP contribution in [0, 0.1) is 23.7 Å². The predicted molar refractivity (Wildman–Crippen MR) is 101 cm³/mol. The van der Waals surface area contributed by atoms with E-state index in [0.717, 1.165) is 0 Å². The third-order valence-electron chi connectivity index (χ3n) is 5.70. The fourth-order valence-corrected chi connectivity index (χ4v) is 4.90. The van der Waals surface area contributed by atoms with Gasteiger partial charge in [0.25, 0.3) is 0 Å². The zero-order valence-electron chi connectivity index (χ0n) is 15.4. The molecule has 2 amide bonds. The second-order valence-corrected chi connectivity index (χ2v) is 7.75. The van der Waals surface area contributed by atoms with E-state index in [1.54, 1.807) is 13.0 Å². The number of ether oxygens (including phenoxy) is 1. The van der Waals surface area contributed by atoms with Gasteiger partial charge in [0.2, 0.25) is 11.8 Å². The minimum Gasteiger partial charge on any atom is -0.462 e. The molecule has 0 spiro atoms. The molecule has 140 valence electrons. The van der Waals surface area contributed by atoms with Gasteiger partial charge < -0.3 is 4.74 Å². The minimum absolute atomic E-state index is 0.0109. The van der Waals surface area contributed by atoms with Crippen LogP contribution in [0.5, 0.6) is 0 Å². The summed E-state index contributed by atoms with van der Waals surface area (Å²) in [7, 11) is 0. The molecule has 4 atom stereocenters. The van der Waals surface area contributed by atoms with E-state index < -0.39 is 5.97 Å². The Morgan fingerprint density at radius 3 is 2.22 bits per heavy atom.